The fourth-order valence-electron chi connectivity index (χ4n) is 1.74. The topological polar surface area (TPSA) is 46.3 Å². The zero-order valence-electron chi connectivity index (χ0n) is 9.64. The third-order valence-electron chi connectivity index (χ3n) is 2.85. The van der Waals surface area contributed by atoms with E-state index in [4.69, 9.17) is 5.73 Å². The molecule has 1 aliphatic rings. The van der Waals surface area contributed by atoms with Crippen LogP contribution in [0.4, 0.5) is 0 Å². The van der Waals surface area contributed by atoms with E-state index in [1.54, 1.807) is 11.8 Å². The Bertz CT molecular complexity index is 255. The minimum Gasteiger partial charge on any atom is -0.342 e. The fraction of sp³-hybridized carbons (Fsp3) is 0.727. The lowest BCUT2D eigenvalue weighted by atomic mass is 10.1. The molecule has 3 unspecified atom stereocenters. The van der Waals surface area contributed by atoms with E-state index in [2.05, 4.69) is 13.2 Å². The average Bonchev–Trinajstić information content (AvgIpc) is 2.63. The maximum absolute atomic E-state index is 12.0. The van der Waals surface area contributed by atoms with Crippen LogP contribution < -0.4 is 5.73 Å². The number of hydrogen-bond acceptors (Lipinski definition) is 3. The molecule has 1 rings (SSSR count). The molecule has 0 spiro atoms. The number of nitrogens with zero attached hydrogens (tertiary/aromatic N) is 1. The lowest BCUT2D eigenvalue weighted by molar-refractivity contribution is -0.134. The molecule has 2 N–H and O–H groups in total. The molecule has 15 heavy (non-hydrogen) atoms. The molecule has 1 aliphatic carbocycles. The quantitative estimate of drug-likeness (QED) is 0.733. The van der Waals surface area contributed by atoms with Gasteiger partial charge in [0.2, 0.25) is 5.91 Å². The third-order valence-corrected chi connectivity index (χ3v) is 3.67. The lowest BCUT2D eigenvalue weighted by Gasteiger charge is -2.26. The fourth-order valence-corrected chi connectivity index (χ4v) is 2.45. The number of thioether (sulfide) groups is 1. The van der Waals surface area contributed by atoms with Crippen molar-refractivity contribution in [2.24, 2.45) is 11.7 Å². The van der Waals surface area contributed by atoms with Gasteiger partial charge < -0.3 is 10.6 Å². The molecule has 0 heterocycles. The molecule has 0 fully saturated rings. The second-order valence-electron chi connectivity index (χ2n) is 4.14. The van der Waals surface area contributed by atoms with Gasteiger partial charge in [-0.15, -0.1) is 0 Å². The normalized spacial score (nSPS) is 26.7. The first-order valence-electron chi connectivity index (χ1n) is 5.25. The van der Waals surface area contributed by atoms with Gasteiger partial charge in [0.1, 0.15) is 0 Å². The highest BCUT2D eigenvalue weighted by Gasteiger charge is 2.27. The number of carbonyl (C=O) groups is 1. The summed E-state index contributed by atoms with van der Waals surface area (Å²) in [6, 6.07) is 0.348. The first kappa shape index (κ1) is 12.6. The van der Waals surface area contributed by atoms with Crippen molar-refractivity contribution in [2.75, 3.05) is 19.1 Å². The van der Waals surface area contributed by atoms with Gasteiger partial charge >= 0.3 is 0 Å². The monoisotopic (exact) mass is 228 g/mol. The number of carbonyl (C=O) groups excluding carboxylic acids is 1. The Morgan fingerprint density at radius 1 is 1.67 bits per heavy atom. The summed E-state index contributed by atoms with van der Waals surface area (Å²) in [4.78, 5) is 13.9. The molecule has 0 aromatic heterocycles. The molecule has 0 saturated carbocycles. The van der Waals surface area contributed by atoms with E-state index in [9.17, 15) is 4.79 Å². The largest absolute Gasteiger partial charge is 0.342 e. The minimum atomic E-state index is -0.00527. The first-order chi connectivity index (χ1) is 7.06. The van der Waals surface area contributed by atoms with E-state index in [-0.39, 0.29) is 23.9 Å². The lowest BCUT2D eigenvalue weighted by Crippen LogP contribution is -2.40. The summed E-state index contributed by atoms with van der Waals surface area (Å²) in [5.41, 5.74) is 5.74. The number of rotatable bonds is 4. The van der Waals surface area contributed by atoms with Crippen molar-refractivity contribution in [3.8, 4) is 0 Å². The molecular weight excluding hydrogens is 208 g/mol. The van der Waals surface area contributed by atoms with Crippen LogP contribution in [0, 0.1) is 5.92 Å². The maximum Gasteiger partial charge on any atom is 0.229 e. The highest BCUT2D eigenvalue weighted by Crippen LogP contribution is 2.19. The van der Waals surface area contributed by atoms with Gasteiger partial charge in [0.25, 0.3) is 0 Å². The van der Waals surface area contributed by atoms with E-state index in [1.807, 2.05) is 24.1 Å². The van der Waals surface area contributed by atoms with E-state index in [1.165, 1.54) is 0 Å². The van der Waals surface area contributed by atoms with Gasteiger partial charge in [0.05, 0.1) is 5.92 Å². The summed E-state index contributed by atoms with van der Waals surface area (Å²) < 4.78 is 0. The van der Waals surface area contributed by atoms with Gasteiger partial charge in [0.15, 0.2) is 0 Å². The van der Waals surface area contributed by atoms with E-state index in [0.29, 0.717) is 0 Å². The van der Waals surface area contributed by atoms with Crippen LogP contribution in [0.1, 0.15) is 13.3 Å². The van der Waals surface area contributed by atoms with E-state index in [0.717, 1.165) is 12.2 Å². The highest BCUT2D eigenvalue weighted by molar-refractivity contribution is 7.98. The molecule has 0 aliphatic heterocycles. The summed E-state index contributed by atoms with van der Waals surface area (Å²) in [5, 5.41) is 0. The summed E-state index contributed by atoms with van der Waals surface area (Å²) in [5.74, 6) is 1.17. The molecule has 0 aromatic carbocycles. The Balaban J connectivity index is 2.49. The highest BCUT2D eigenvalue weighted by atomic mass is 32.2. The Morgan fingerprint density at radius 2 is 2.33 bits per heavy atom. The van der Waals surface area contributed by atoms with Crippen LogP contribution in [0.2, 0.25) is 0 Å². The third kappa shape index (κ3) is 3.24. The van der Waals surface area contributed by atoms with Gasteiger partial charge in [-0.3, -0.25) is 4.79 Å². The van der Waals surface area contributed by atoms with Crippen molar-refractivity contribution >= 4 is 17.7 Å². The SMILES string of the molecule is CSCC(C)N(C)C(=O)C1C=CC(N)C1. The van der Waals surface area contributed by atoms with E-state index >= 15 is 0 Å². The van der Waals surface area contributed by atoms with Gasteiger partial charge in [-0.25, -0.2) is 0 Å². The predicted molar refractivity (Wildman–Crippen MR) is 65.8 cm³/mol. The van der Waals surface area contributed by atoms with Gasteiger partial charge in [-0.2, -0.15) is 11.8 Å². The standard InChI is InChI=1S/C11H20N2OS/c1-8(7-15-3)13(2)11(14)9-4-5-10(12)6-9/h4-5,8-10H,6-7,12H2,1-3H3. The van der Waals surface area contributed by atoms with Crippen molar-refractivity contribution in [2.45, 2.75) is 25.4 Å². The van der Waals surface area contributed by atoms with Crippen LogP contribution >= 0.6 is 11.8 Å². The van der Waals surface area contributed by atoms with Crippen LogP contribution in [0.3, 0.4) is 0 Å². The number of nitrogens with two attached hydrogens (primary N) is 1. The first-order valence-corrected chi connectivity index (χ1v) is 6.65. The smallest absolute Gasteiger partial charge is 0.229 e. The molecule has 0 bridgehead atoms. The summed E-state index contributed by atoms with van der Waals surface area (Å²) in [6.07, 6.45) is 6.68. The van der Waals surface area contributed by atoms with Crippen LogP contribution in [0.25, 0.3) is 0 Å². The molecule has 0 saturated heterocycles. The van der Waals surface area contributed by atoms with Crippen molar-refractivity contribution in [1.82, 2.24) is 4.90 Å². The molecule has 3 atom stereocenters. The Hall–Kier alpha value is -0.480. The molecule has 0 radical (unpaired) electrons. The molecule has 86 valence electrons. The Kier molecular flexibility index (Phi) is 4.67. The van der Waals surface area contributed by atoms with Crippen LogP contribution in [0.5, 0.6) is 0 Å². The van der Waals surface area contributed by atoms with Crippen molar-refractivity contribution in [3.63, 3.8) is 0 Å². The Morgan fingerprint density at radius 3 is 2.80 bits per heavy atom. The van der Waals surface area contributed by atoms with Crippen LogP contribution in [-0.4, -0.2) is 41.9 Å². The molecule has 1 amide bonds. The molecule has 0 aromatic rings. The summed E-state index contributed by atoms with van der Waals surface area (Å²) in [6.45, 7) is 2.08. The van der Waals surface area contributed by atoms with Crippen molar-refractivity contribution in [1.29, 1.82) is 0 Å². The number of hydrogen-bond donors (Lipinski definition) is 1. The van der Waals surface area contributed by atoms with Crippen molar-refractivity contribution < 1.29 is 4.79 Å². The second kappa shape index (κ2) is 5.56. The van der Waals surface area contributed by atoms with E-state index < -0.39 is 0 Å². The summed E-state index contributed by atoms with van der Waals surface area (Å²) in [7, 11) is 1.88. The van der Waals surface area contributed by atoms with Gasteiger partial charge in [0, 0.05) is 24.9 Å². The zero-order chi connectivity index (χ0) is 11.4. The maximum atomic E-state index is 12.0. The van der Waals surface area contributed by atoms with Crippen LogP contribution in [-0.2, 0) is 4.79 Å². The summed E-state index contributed by atoms with van der Waals surface area (Å²) >= 11 is 1.76. The Labute approximate surface area is 96.1 Å². The predicted octanol–water partition coefficient (Wildman–Crippen LogP) is 1.10. The van der Waals surface area contributed by atoms with Crippen molar-refractivity contribution in [3.05, 3.63) is 12.2 Å². The zero-order valence-corrected chi connectivity index (χ0v) is 10.5. The van der Waals surface area contributed by atoms with Gasteiger partial charge in [-0.05, 0) is 19.6 Å². The molecule has 4 heteroatoms. The molecular formula is C11H20N2OS. The van der Waals surface area contributed by atoms with Crippen LogP contribution in [0.15, 0.2) is 12.2 Å². The second-order valence-corrected chi connectivity index (χ2v) is 5.06. The average molecular weight is 228 g/mol. The minimum absolute atomic E-state index is 0.00527. The molecule has 3 nitrogen and oxygen atoms in total. The number of amides is 1. The van der Waals surface area contributed by atoms with Gasteiger partial charge in [-0.1, -0.05) is 12.2 Å².